The van der Waals surface area contributed by atoms with Crippen LogP contribution in [-0.4, -0.2) is 21.0 Å². The molecule has 1 unspecified atom stereocenters. The molecule has 3 aliphatic rings. The summed E-state index contributed by atoms with van der Waals surface area (Å²) in [6.45, 7) is 2.19. The van der Waals surface area contributed by atoms with E-state index in [0.717, 1.165) is 36.3 Å². The summed E-state index contributed by atoms with van der Waals surface area (Å²) in [5, 5.41) is 0. The highest BCUT2D eigenvalue weighted by molar-refractivity contribution is 5.69. The van der Waals surface area contributed by atoms with Gasteiger partial charge in [0.2, 0.25) is 5.95 Å². The molecular weight excluding hydrogens is 392 g/mol. The van der Waals surface area contributed by atoms with Gasteiger partial charge in [-0.2, -0.15) is 9.97 Å². The van der Waals surface area contributed by atoms with Crippen molar-refractivity contribution in [2.45, 2.75) is 32.2 Å². The second kappa shape index (κ2) is 7.72. The first-order valence-electron chi connectivity index (χ1n) is 11.2. The van der Waals surface area contributed by atoms with Crippen molar-refractivity contribution in [2.75, 3.05) is 4.90 Å². The summed E-state index contributed by atoms with van der Waals surface area (Å²) in [6, 6.07) is 20.6. The summed E-state index contributed by atoms with van der Waals surface area (Å²) in [4.78, 5) is 17.2. The molecule has 0 saturated heterocycles. The monoisotopic (exact) mass is 416 g/mol. The van der Waals surface area contributed by atoms with Gasteiger partial charge >= 0.3 is 0 Å². The average Bonchev–Trinajstić information content (AvgIpc) is 3.18. The maximum absolute atomic E-state index is 5.00. The highest BCUT2D eigenvalue weighted by atomic mass is 15.3. The van der Waals surface area contributed by atoms with E-state index in [1.807, 2.05) is 36.4 Å². The van der Waals surface area contributed by atoms with E-state index in [1.54, 1.807) is 0 Å². The molecule has 2 aliphatic carbocycles. The third-order valence-corrected chi connectivity index (χ3v) is 6.37. The van der Waals surface area contributed by atoms with Gasteiger partial charge in [-0.15, -0.1) is 0 Å². The van der Waals surface area contributed by atoms with Gasteiger partial charge in [0.05, 0.1) is 6.04 Å². The molecule has 156 valence electrons. The van der Waals surface area contributed by atoms with Crippen molar-refractivity contribution < 1.29 is 0 Å². The number of hydrogen-bond donors (Lipinski definition) is 0. The number of hydrogen-bond acceptors (Lipinski definition) is 4. The van der Waals surface area contributed by atoms with E-state index in [1.165, 1.54) is 22.4 Å². The Hall–Kier alpha value is -3.79. The second-order valence-electron chi connectivity index (χ2n) is 8.49. The Balaban J connectivity index is 1.54. The molecule has 32 heavy (non-hydrogen) atoms. The topological polar surface area (TPSA) is 41.9 Å². The molecule has 2 heterocycles. The van der Waals surface area contributed by atoms with Crippen molar-refractivity contribution in [2.24, 2.45) is 0 Å². The van der Waals surface area contributed by atoms with Gasteiger partial charge < -0.3 is 4.90 Å². The Morgan fingerprint density at radius 3 is 2.16 bits per heavy atom. The third kappa shape index (κ3) is 3.19. The SMILES string of the molecule is CC1=CCC2C(=C1)C1=C(C=CCC1)N2c1nc(-c2ccccc2)nc(-c2ccccc2)n1. The molecule has 0 fully saturated rings. The lowest BCUT2D eigenvalue weighted by Gasteiger charge is -2.29. The molecule has 0 N–H and O–H groups in total. The smallest absolute Gasteiger partial charge is 0.234 e. The van der Waals surface area contributed by atoms with Crippen LogP contribution in [0.15, 0.2) is 107 Å². The molecule has 0 radical (unpaired) electrons. The second-order valence-corrected chi connectivity index (χ2v) is 8.49. The maximum atomic E-state index is 5.00. The fraction of sp³-hybridized carbons (Fsp3) is 0.179. The number of benzene rings is 2. The van der Waals surface area contributed by atoms with Gasteiger partial charge in [0, 0.05) is 16.8 Å². The third-order valence-electron chi connectivity index (χ3n) is 6.37. The molecule has 0 amide bonds. The lowest BCUT2D eigenvalue weighted by atomic mass is 9.89. The van der Waals surface area contributed by atoms with E-state index in [-0.39, 0.29) is 6.04 Å². The van der Waals surface area contributed by atoms with E-state index in [2.05, 4.69) is 60.4 Å². The van der Waals surface area contributed by atoms with Crippen molar-refractivity contribution in [1.82, 2.24) is 15.0 Å². The predicted molar refractivity (Wildman–Crippen MR) is 129 cm³/mol. The molecule has 0 bridgehead atoms. The molecule has 1 atom stereocenters. The number of fused-ring (bicyclic) bond motifs is 2. The largest absolute Gasteiger partial charge is 0.302 e. The minimum atomic E-state index is 0.237. The minimum absolute atomic E-state index is 0.237. The number of nitrogens with zero attached hydrogens (tertiary/aromatic N) is 4. The highest BCUT2D eigenvalue weighted by Gasteiger charge is 2.38. The Bertz CT molecular complexity index is 1240. The van der Waals surface area contributed by atoms with Crippen molar-refractivity contribution in [3.05, 3.63) is 107 Å². The Labute approximate surface area is 188 Å². The lowest BCUT2D eigenvalue weighted by molar-refractivity contribution is 0.736. The average molecular weight is 417 g/mol. The number of allylic oxidation sites excluding steroid dienone is 4. The standard InChI is InChI=1S/C28H24N4/c1-19-16-17-25-23(18-19)22-14-8-9-15-24(22)32(25)28-30-26(20-10-4-2-5-11-20)29-27(31-28)21-12-6-3-7-13-21/h2-7,9-13,15-16,18,25H,8,14,17H2,1H3. The van der Waals surface area contributed by atoms with E-state index < -0.39 is 0 Å². The quantitative estimate of drug-likeness (QED) is 0.504. The first kappa shape index (κ1) is 18.9. The van der Waals surface area contributed by atoms with Crippen molar-refractivity contribution in [1.29, 1.82) is 0 Å². The number of rotatable bonds is 3. The summed E-state index contributed by atoms with van der Waals surface area (Å²) < 4.78 is 0. The van der Waals surface area contributed by atoms with Gasteiger partial charge in [-0.25, -0.2) is 4.98 Å². The van der Waals surface area contributed by atoms with Crippen molar-refractivity contribution in [3.63, 3.8) is 0 Å². The molecule has 0 saturated carbocycles. The van der Waals surface area contributed by atoms with Crippen LogP contribution in [0.4, 0.5) is 5.95 Å². The summed E-state index contributed by atoms with van der Waals surface area (Å²) in [5.41, 5.74) is 7.43. The molecule has 1 aliphatic heterocycles. The van der Waals surface area contributed by atoms with Gasteiger partial charge in [-0.1, -0.05) is 84.5 Å². The fourth-order valence-electron chi connectivity index (χ4n) is 4.85. The first-order chi connectivity index (χ1) is 15.8. The van der Waals surface area contributed by atoms with Crippen LogP contribution in [-0.2, 0) is 0 Å². The van der Waals surface area contributed by atoms with Crippen molar-refractivity contribution in [3.8, 4) is 22.8 Å². The minimum Gasteiger partial charge on any atom is -0.302 e. The summed E-state index contributed by atoms with van der Waals surface area (Å²) >= 11 is 0. The highest BCUT2D eigenvalue weighted by Crippen LogP contribution is 2.44. The van der Waals surface area contributed by atoms with Gasteiger partial charge in [-0.05, 0) is 43.4 Å². The van der Waals surface area contributed by atoms with E-state index in [4.69, 9.17) is 15.0 Å². The van der Waals surface area contributed by atoms with Gasteiger partial charge in [0.1, 0.15) is 0 Å². The van der Waals surface area contributed by atoms with Gasteiger partial charge in [-0.3, -0.25) is 0 Å². The van der Waals surface area contributed by atoms with Gasteiger partial charge in [0.25, 0.3) is 0 Å². The Morgan fingerprint density at radius 2 is 1.50 bits per heavy atom. The predicted octanol–water partition coefficient (Wildman–Crippen LogP) is 6.27. The van der Waals surface area contributed by atoms with Crippen LogP contribution in [0.1, 0.15) is 26.2 Å². The maximum Gasteiger partial charge on any atom is 0.234 e. The van der Waals surface area contributed by atoms with E-state index in [0.29, 0.717) is 11.6 Å². The zero-order chi connectivity index (χ0) is 21.5. The van der Waals surface area contributed by atoms with Crippen LogP contribution >= 0.6 is 0 Å². The van der Waals surface area contributed by atoms with Crippen LogP contribution in [0.2, 0.25) is 0 Å². The molecule has 0 spiro atoms. The van der Waals surface area contributed by atoms with E-state index in [9.17, 15) is 0 Å². The first-order valence-corrected chi connectivity index (χ1v) is 11.2. The van der Waals surface area contributed by atoms with Crippen LogP contribution in [0.5, 0.6) is 0 Å². The van der Waals surface area contributed by atoms with Gasteiger partial charge in [0.15, 0.2) is 11.6 Å². The molecule has 3 aromatic rings. The fourth-order valence-corrected chi connectivity index (χ4v) is 4.85. The number of aromatic nitrogens is 3. The van der Waals surface area contributed by atoms with Crippen LogP contribution < -0.4 is 4.90 Å². The zero-order valence-electron chi connectivity index (χ0n) is 18.1. The summed E-state index contributed by atoms with van der Waals surface area (Å²) in [5.74, 6) is 2.13. The zero-order valence-corrected chi connectivity index (χ0v) is 18.1. The summed E-state index contributed by atoms with van der Waals surface area (Å²) in [6.07, 6.45) is 12.3. The lowest BCUT2D eigenvalue weighted by Crippen LogP contribution is -2.33. The number of anilines is 1. The van der Waals surface area contributed by atoms with E-state index >= 15 is 0 Å². The van der Waals surface area contributed by atoms with Crippen LogP contribution in [0.3, 0.4) is 0 Å². The van der Waals surface area contributed by atoms with Crippen LogP contribution in [0, 0.1) is 0 Å². The normalized spacial score (nSPS) is 19.4. The molecular formula is C28H24N4. The van der Waals surface area contributed by atoms with Crippen LogP contribution in [0.25, 0.3) is 22.8 Å². The van der Waals surface area contributed by atoms with Crippen molar-refractivity contribution >= 4 is 5.95 Å². The summed E-state index contributed by atoms with van der Waals surface area (Å²) in [7, 11) is 0. The molecule has 4 heteroatoms. The molecule has 2 aromatic carbocycles. The Morgan fingerprint density at radius 1 is 0.844 bits per heavy atom. The molecule has 6 rings (SSSR count). The Kier molecular flexibility index (Phi) is 4.57. The molecule has 1 aromatic heterocycles. The molecule has 4 nitrogen and oxygen atoms in total.